The van der Waals surface area contributed by atoms with Crippen LogP contribution in [0.2, 0.25) is 11.6 Å². The van der Waals surface area contributed by atoms with E-state index in [-0.39, 0.29) is 0 Å². The molecule has 1 nitrogen and oxygen atoms in total. The fraction of sp³-hybridized carbons (Fsp3) is 0.800. The SMILES string of the molecule is C/C=C/C1CCC(/C=C/C2CCC([SiH](CC)OC)CC2)CC1. The molecular formula is C20H36OSi. The third-order valence-electron chi connectivity index (χ3n) is 5.98. The van der Waals surface area contributed by atoms with E-state index < -0.39 is 9.04 Å². The predicted molar refractivity (Wildman–Crippen MR) is 99.7 cm³/mol. The average molecular weight is 321 g/mol. The summed E-state index contributed by atoms with van der Waals surface area (Å²) in [5, 5.41) is 0. The number of hydrogen-bond donors (Lipinski definition) is 0. The van der Waals surface area contributed by atoms with E-state index in [1.165, 1.54) is 57.4 Å². The van der Waals surface area contributed by atoms with Gasteiger partial charge in [-0.25, -0.2) is 0 Å². The van der Waals surface area contributed by atoms with Gasteiger partial charge in [0, 0.05) is 7.11 Å². The van der Waals surface area contributed by atoms with Gasteiger partial charge in [-0.1, -0.05) is 44.1 Å². The van der Waals surface area contributed by atoms with E-state index in [1.807, 2.05) is 7.11 Å². The van der Waals surface area contributed by atoms with Gasteiger partial charge in [0.05, 0.1) is 0 Å². The standard InChI is InChI=1S/C20H36OSi/c1-4-6-17-7-9-18(10-8-17)11-12-19-13-15-20(16-14-19)22(5-2)21-3/h4,6,11-12,17-20,22H,5,7-10,13-16H2,1-3H3/b6-4+,12-11+. The molecule has 0 saturated heterocycles. The maximum absolute atomic E-state index is 5.77. The van der Waals surface area contributed by atoms with Gasteiger partial charge < -0.3 is 4.43 Å². The second-order valence-electron chi connectivity index (χ2n) is 7.44. The Hall–Kier alpha value is -0.343. The van der Waals surface area contributed by atoms with Crippen LogP contribution >= 0.6 is 0 Å². The molecule has 2 fully saturated rings. The molecule has 0 aromatic heterocycles. The summed E-state index contributed by atoms with van der Waals surface area (Å²) in [7, 11) is 1.05. The summed E-state index contributed by atoms with van der Waals surface area (Å²) in [4.78, 5) is 0. The van der Waals surface area contributed by atoms with Gasteiger partial charge in [-0.2, -0.15) is 0 Å². The van der Waals surface area contributed by atoms with Crippen LogP contribution < -0.4 is 0 Å². The minimum absolute atomic E-state index is 0.855. The molecule has 1 unspecified atom stereocenters. The molecule has 2 aliphatic rings. The average Bonchev–Trinajstić information content (AvgIpc) is 2.57. The molecule has 126 valence electrons. The Kier molecular flexibility index (Phi) is 7.95. The summed E-state index contributed by atoms with van der Waals surface area (Å²) in [6.45, 7) is 4.47. The highest BCUT2D eigenvalue weighted by molar-refractivity contribution is 6.53. The fourth-order valence-corrected chi connectivity index (χ4v) is 7.03. The fourth-order valence-electron chi connectivity index (χ4n) is 4.52. The summed E-state index contributed by atoms with van der Waals surface area (Å²) in [5.74, 6) is 2.57. The largest absolute Gasteiger partial charge is 0.423 e. The van der Waals surface area contributed by atoms with Crippen LogP contribution in [-0.2, 0) is 4.43 Å². The Morgan fingerprint density at radius 2 is 1.27 bits per heavy atom. The lowest BCUT2D eigenvalue weighted by Gasteiger charge is -2.31. The van der Waals surface area contributed by atoms with Gasteiger partial charge >= 0.3 is 0 Å². The molecule has 0 spiro atoms. The Morgan fingerprint density at radius 3 is 1.68 bits per heavy atom. The van der Waals surface area contributed by atoms with Gasteiger partial charge in [-0.15, -0.1) is 0 Å². The quantitative estimate of drug-likeness (QED) is 0.439. The first-order valence-corrected chi connectivity index (χ1v) is 11.6. The van der Waals surface area contributed by atoms with Gasteiger partial charge in [0.1, 0.15) is 0 Å². The highest BCUT2D eigenvalue weighted by atomic mass is 28.3. The van der Waals surface area contributed by atoms with Crippen LogP contribution in [0.4, 0.5) is 0 Å². The molecule has 22 heavy (non-hydrogen) atoms. The lowest BCUT2D eigenvalue weighted by molar-refractivity contribution is 0.345. The van der Waals surface area contributed by atoms with E-state index in [0.717, 1.165) is 23.3 Å². The smallest absolute Gasteiger partial charge is 0.179 e. The number of allylic oxidation sites excluding steroid dienone is 4. The minimum Gasteiger partial charge on any atom is -0.423 e. The molecule has 0 aromatic rings. The molecule has 0 N–H and O–H groups in total. The van der Waals surface area contributed by atoms with Crippen molar-refractivity contribution in [3.05, 3.63) is 24.3 Å². The molecule has 0 radical (unpaired) electrons. The van der Waals surface area contributed by atoms with Crippen LogP contribution in [0.5, 0.6) is 0 Å². The Morgan fingerprint density at radius 1 is 0.818 bits per heavy atom. The van der Waals surface area contributed by atoms with Gasteiger partial charge in [0.2, 0.25) is 0 Å². The number of hydrogen-bond acceptors (Lipinski definition) is 1. The van der Waals surface area contributed by atoms with Crippen LogP contribution in [0.25, 0.3) is 0 Å². The first kappa shape index (κ1) is 18.0. The van der Waals surface area contributed by atoms with E-state index in [0.29, 0.717) is 0 Å². The molecule has 2 rings (SSSR count). The van der Waals surface area contributed by atoms with Crippen molar-refractivity contribution in [2.24, 2.45) is 17.8 Å². The van der Waals surface area contributed by atoms with E-state index in [4.69, 9.17) is 4.43 Å². The zero-order valence-electron chi connectivity index (χ0n) is 15.0. The topological polar surface area (TPSA) is 9.23 Å². The Balaban J connectivity index is 1.70. The molecule has 1 atom stereocenters. The van der Waals surface area contributed by atoms with Crippen LogP contribution in [0, 0.1) is 17.8 Å². The second-order valence-corrected chi connectivity index (χ2v) is 10.8. The van der Waals surface area contributed by atoms with E-state index in [9.17, 15) is 0 Å². The molecule has 2 aliphatic carbocycles. The Bertz CT molecular complexity index is 343. The van der Waals surface area contributed by atoms with Gasteiger partial charge in [-0.05, 0) is 74.8 Å². The van der Waals surface area contributed by atoms with Crippen molar-refractivity contribution in [3.8, 4) is 0 Å². The van der Waals surface area contributed by atoms with Crippen molar-refractivity contribution in [3.63, 3.8) is 0 Å². The lowest BCUT2D eigenvalue weighted by atomic mass is 9.80. The van der Waals surface area contributed by atoms with Crippen molar-refractivity contribution in [2.45, 2.75) is 76.8 Å². The zero-order valence-corrected chi connectivity index (χ0v) is 16.1. The van der Waals surface area contributed by atoms with Gasteiger partial charge in [0.25, 0.3) is 0 Å². The summed E-state index contributed by atoms with van der Waals surface area (Å²) < 4.78 is 5.77. The van der Waals surface area contributed by atoms with Crippen molar-refractivity contribution < 1.29 is 4.43 Å². The third kappa shape index (κ3) is 5.38. The lowest BCUT2D eigenvalue weighted by Crippen LogP contribution is -2.26. The summed E-state index contributed by atoms with van der Waals surface area (Å²) in [6, 6.07) is 1.30. The summed E-state index contributed by atoms with van der Waals surface area (Å²) >= 11 is 0. The molecule has 0 bridgehead atoms. The first-order chi connectivity index (χ1) is 10.8. The molecule has 2 saturated carbocycles. The zero-order chi connectivity index (χ0) is 15.8. The van der Waals surface area contributed by atoms with Crippen LogP contribution in [0.1, 0.15) is 65.2 Å². The van der Waals surface area contributed by atoms with Crippen molar-refractivity contribution in [1.82, 2.24) is 0 Å². The normalized spacial score (nSPS) is 35.2. The molecule has 0 aromatic carbocycles. The van der Waals surface area contributed by atoms with Gasteiger partial charge in [-0.3, -0.25) is 0 Å². The van der Waals surface area contributed by atoms with E-state index >= 15 is 0 Å². The maximum Gasteiger partial charge on any atom is 0.179 e. The van der Waals surface area contributed by atoms with Crippen molar-refractivity contribution in [1.29, 1.82) is 0 Å². The molecule has 0 amide bonds. The second kappa shape index (κ2) is 9.72. The van der Waals surface area contributed by atoms with Gasteiger partial charge in [0.15, 0.2) is 9.04 Å². The van der Waals surface area contributed by atoms with E-state index in [2.05, 4.69) is 38.2 Å². The molecule has 0 aliphatic heterocycles. The summed E-state index contributed by atoms with van der Waals surface area (Å²) in [6.07, 6.45) is 21.0. The van der Waals surface area contributed by atoms with E-state index in [1.54, 1.807) is 0 Å². The van der Waals surface area contributed by atoms with Crippen LogP contribution in [-0.4, -0.2) is 16.2 Å². The molecule has 2 heteroatoms. The molecule has 0 heterocycles. The summed E-state index contributed by atoms with van der Waals surface area (Å²) in [5.41, 5.74) is 0.941. The van der Waals surface area contributed by atoms with Crippen molar-refractivity contribution >= 4 is 9.04 Å². The monoisotopic (exact) mass is 320 g/mol. The predicted octanol–water partition coefficient (Wildman–Crippen LogP) is 5.88. The highest BCUT2D eigenvalue weighted by Gasteiger charge is 2.27. The maximum atomic E-state index is 5.77. The third-order valence-corrected chi connectivity index (χ3v) is 9.11. The highest BCUT2D eigenvalue weighted by Crippen LogP contribution is 2.37. The van der Waals surface area contributed by atoms with Crippen LogP contribution in [0.15, 0.2) is 24.3 Å². The van der Waals surface area contributed by atoms with Crippen molar-refractivity contribution in [2.75, 3.05) is 7.11 Å². The molecular weight excluding hydrogens is 284 g/mol. The van der Waals surface area contributed by atoms with Crippen LogP contribution in [0.3, 0.4) is 0 Å². The minimum atomic E-state index is -0.893. The number of rotatable bonds is 6. The Labute approximate surface area is 139 Å². The first-order valence-electron chi connectivity index (χ1n) is 9.60.